The Kier molecular flexibility index (Phi) is 6.70. The van der Waals surface area contributed by atoms with Gasteiger partial charge in [-0.3, -0.25) is 14.0 Å². The van der Waals surface area contributed by atoms with Crippen molar-refractivity contribution < 1.29 is 4.79 Å². The molecule has 6 nitrogen and oxygen atoms in total. The van der Waals surface area contributed by atoms with Crippen molar-refractivity contribution in [3.05, 3.63) is 46.5 Å². The fourth-order valence-electron chi connectivity index (χ4n) is 2.86. The number of fused-ring (bicyclic) bond motifs is 1. The number of carbonyl (C=O) groups is 1. The van der Waals surface area contributed by atoms with Gasteiger partial charge in [0.05, 0.1) is 0 Å². The predicted molar refractivity (Wildman–Crippen MR) is 100.0 cm³/mol. The molecular formula is C19H28N4O2. The summed E-state index contributed by atoms with van der Waals surface area (Å²) >= 11 is 0. The lowest BCUT2D eigenvalue weighted by Gasteiger charge is -2.27. The van der Waals surface area contributed by atoms with Crippen LogP contribution < -0.4 is 5.56 Å². The molecule has 0 fully saturated rings. The number of hydrogen-bond acceptors (Lipinski definition) is 4. The first-order valence-electron chi connectivity index (χ1n) is 8.95. The number of aromatic nitrogens is 2. The largest absolute Gasteiger partial charge is 0.337 e. The maximum absolute atomic E-state index is 13.0. The van der Waals surface area contributed by atoms with Crippen molar-refractivity contribution in [1.82, 2.24) is 19.2 Å². The molecule has 0 aromatic carbocycles. The van der Waals surface area contributed by atoms with Crippen LogP contribution in [-0.2, 0) is 0 Å². The molecule has 0 saturated carbocycles. The van der Waals surface area contributed by atoms with Crippen LogP contribution in [0.3, 0.4) is 0 Å². The Bertz CT molecular complexity index is 765. The van der Waals surface area contributed by atoms with Crippen LogP contribution in [-0.4, -0.2) is 57.8 Å². The quantitative estimate of drug-likeness (QED) is 0.736. The minimum atomic E-state index is -0.313. The van der Waals surface area contributed by atoms with E-state index < -0.39 is 0 Å². The Morgan fingerprint density at radius 2 is 1.92 bits per heavy atom. The van der Waals surface area contributed by atoms with E-state index in [0.717, 1.165) is 19.6 Å². The fraction of sp³-hybridized carbons (Fsp3) is 0.526. The zero-order chi connectivity index (χ0) is 18.4. The lowest BCUT2D eigenvalue weighted by molar-refractivity contribution is 0.0714. The maximum Gasteiger partial charge on any atom is 0.270 e. The molecule has 0 bridgehead atoms. The van der Waals surface area contributed by atoms with Crippen LogP contribution >= 0.6 is 0 Å². The molecule has 2 aromatic heterocycles. The second kappa shape index (κ2) is 8.76. The van der Waals surface area contributed by atoms with E-state index in [2.05, 4.69) is 37.6 Å². The molecule has 0 aliphatic heterocycles. The Morgan fingerprint density at radius 3 is 2.56 bits per heavy atom. The molecule has 0 aliphatic carbocycles. The summed E-state index contributed by atoms with van der Waals surface area (Å²) in [5.74, 6) is 0.0911. The Morgan fingerprint density at radius 1 is 1.20 bits per heavy atom. The van der Waals surface area contributed by atoms with Gasteiger partial charge in [0.2, 0.25) is 0 Å². The van der Waals surface area contributed by atoms with Crippen molar-refractivity contribution in [2.24, 2.45) is 5.92 Å². The van der Waals surface area contributed by atoms with Gasteiger partial charge in [-0.05, 0) is 31.1 Å². The first-order valence-corrected chi connectivity index (χ1v) is 8.95. The molecule has 0 N–H and O–H groups in total. The Hall–Kier alpha value is -2.21. The minimum absolute atomic E-state index is 0.129. The molecule has 0 spiro atoms. The highest BCUT2D eigenvalue weighted by Crippen LogP contribution is 2.06. The van der Waals surface area contributed by atoms with Crippen molar-refractivity contribution in [3.63, 3.8) is 0 Å². The molecule has 1 amide bonds. The number of rotatable bonds is 8. The van der Waals surface area contributed by atoms with E-state index in [1.807, 2.05) is 6.07 Å². The second-order valence-electron chi connectivity index (χ2n) is 6.58. The highest BCUT2D eigenvalue weighted by atomic mass is 16.2. The maximum atomic E-state index is 13.0. The molecular weight excluding hydrogens is 316 g/mol. The number of pyridine rings is 1. The van der Waals surface area contributed by atoms with Gasteiger partial charge >= 0.3 is 0 Å². The summed E-state index contributed by atoms with van der Waals surface area (Å²) in [6.45, 7) is 12.3. The average molecular weight is 344 g/mol. The number of carbonyl (C=O) groups excluding carboxylic acids is 1. The number of hydrogen-bond donors (Lipinski definition) is 0. The highest BCUT2D eigenvalue weighted by molar-refractivity contribution is 5.93. The summed E-state index contributed by atoms with van der Waals surface area (Å²) < 4.78 is 1.42. The van der Waals surface area contributed by atoms with Gasteiger partial charge in [0.25, 0.3) is 11.5 Å². The second-order valence-corrected chi connectivity index (χ2v) is 6.58. The molecule has 6 heteroatoms. The number of amides is 1. The summed E-state index contributed by atoms with van der Waals surface area (Å²) in [6.07, 6.45) is 3.05. The van der Waals surface area contributed by atoms with Gasteiger partial charge in [0, 0.05) is 32.0 Å². The molecule has 25 heavy (non-hydrogen) atoms. The minimum Gasteiger partial charge on any atom is -0.337 e. The van der Waals surface area contributed by atoms with E-state index in [-0.39, 0.29) is 17.0 Å². The van der Waals surface area contributed by atoms with Crippen molar-refractivity contribution >= 4 is 11.6 Å². The van der Waals surface area contributed by atoms with Crippen molar-refractivity contribution in [3.8, 4) is 0 Å². The molecule has 136 valence electrons. The normalized spacial score (nSPS) is 11.4. The topological polar surface area (TPSA) is 57.9 Å². The third-order valence-electron chi connectivity index (χ3n) is 4.30. The van der Waals surface area contributed by atoms with Crippen LogP contribution in [0.4, 0.5) is 0 Å². The van der Waals surface area contributed by atoms with E-state index in [9.17, 15) is 9.59 Å². The van der Waals surface area contributed by atoms with Crippen molar-refractivity contribution in [2.75, 3.05) is 32.7 Å². The van der Waals surface area contributed by atoms with E-state index in [0.29, 0.717) is 24.7 Å². The molecule has 0 saturated heterocycles. The number of likely N-dealkylation sites (N-methyl/N-ethyl adjacent to an activating group) is 1. The van der Waals surface area contributed by atoms with Gasteiger partial charge in [0.1, 0.15) is 11.2 Å². The van der Waals surface area contributed by atoms with E-state index >= 15 is 0 Å². The van der Waals surface area contributed by atoms with Crippen LogP contribution in [0, 0.1) is 5.92 Å². The lowest BCUT2D eigenvalue weighted by Crippen LogP contribution is -2.42. The SMILES string of the molecule is CCN(CC)CCN(CC(C)C)C(=O)c1cnc2ccccn2c1=O. The van der Waals surface area contributed by atoms with Gasteiger partial charge in [-0.25, -0.2) is 4.98 Å². The Balaban J connectivity index is 2.29. The highest BCUT2D eigenvalue weighted by Gasteiger charge is 2.21. The van der Waals surface area contributed by atoms with Crippen LogP contribution in [0.5, 0.6) is 0 Å². The van der Waals surface area contributed by atoms with Crippen LogP contribution in [0.1, 0.15) is 38.1 Å². The van der Waals surface area contributed by atoms with Crippen molar-refractivity contribution in [2.45, 2.75) is 27.7 Å². The zero-order valence-corrected chi connectivity index (χ0v) is 15.6. The summed E-state index contributed by atoms with van der Waals surface area (Å²) in [4.78, 5) is 34.0. The fourth-order valence-corrected chi connectivity index (χ4v) is 2.86. The smallest absolute Gasteiger partial charge is 0.270 e. The van der Waals surface area contributed by atoms with Crippen molar-refractivity contribution in [1.29, 1.82) is 0 Å². The van der Waals surface area contributed by atoms with Crippen LogP contribution in [0.15, 0.2) is 35.4 Å². The third kappa shape index (κ3) is 4.66. The summed E-state index contributed by atoms with van der Waals surface area (Å²) in [5, 5.41) is 0. The monoisotopic (exact) mass is 344 g/mol. The first kappa shape index (κ1) is 19.1. The predicted octanol–water partition coefficient (Wildman–Crippen LogP) is 2.13. The lowest BCUT2D eigenvalue weighted by atomic mass is 10.2. The van der Waals surface area contributed by atoms with E-state index in [1.54, 1.807) is 23.2 Å². The standard InChI is InChI=1S/C19H28N4O2/c1-5-21(6-2)11-12-22(14-15(3)4)18(24)16-13-20-17-9-7-8-10-23(17)19(16)25/h7-10,13,15H,5-6,11-12,14H2,1-4H3. The van der Waals surface area contributed by atoms with Gasteiger partial charge in [-0.1, -0.05) is 33.8 Å². The van der Waals surface area contributed by atoms with Gasteiger partial charge in [0.15, 0.2) is 0 Å². The summed E-state index contributed by atoms with van der Waals surface area (Å²) in [5.41, 5.74) is 0.360. The number of nitrogens with zero attached hydrogens (tertiary/aromatic N) is 4. The van der Waals surface area contributed by atoms with Gasteiger partial charge in [-0.15, -0.1) is 0 Å². The summed E-state index contributed by atoms with van der Waals surface area (Å²) in [7, 11) is 0. The van der Waals surface area contributed by atoms with Crippen LogP contribution in [0.25, 0.3) is 5.65 Å². The zero-order valence-electron chi connectivity index (χ0n) is 15.6. The van der Waals surface area contributed by atoms with Gasteiger partial charge in [-0.2, -0.15) is 0 Å². The van der Waals surface area contributed by atoms with E-state index in [4.69, 9.17) is 0 Å². The Labute approximate surface area is 149 Å². The molecule has 2 aromatic rings. The van der Waals surface area contributed by atoms with E-state index in [1.165, 1.54) is 10.6 Å². The van der Waals surface area contributed by atoms with Gasteiger partial charge < -0.3 is 9.80 Å². The first-order chi connectivity index (χ1) is 12.0. The molecule has 0 radical (unpaired) electrons. The molecule has 0 aliphatic rings. The average Bonchev–Trinajstić information content (AvgIpc) is 2.61. The van der Waals surface area contributed by atoms with Crippen LogP contribution in [0.2, 0.25) is 0 Å². The summed E-state index contributed by atoms with van der Waals surface area (Å²) in [6, 6.07) is 5.33. The molecule has 0 unspecified atom stereocenters. The third-order valence-corrected chi connectivity index (χ3v) is 4.30. The molecule has 2 heterocycles. The molecule has 2 rings (SSSR count). The molecule has 0 atom stereocenters.